The van der Waals surface area contributed by atoms with Crippen LogP contribution in [0.3, 0.4) is 0 Å². The molecule has 1 unspecified atom stereocenters. The Kier molecular flexibility index (Phi) is 4.92. The van der Waals surface area contributed by atoms with Gasteiger partial charge in [-0.25, -0.2) is 0 Å². The average Bonchev–Trinajstić information content (AvgIpc) is 2.85. The fourth-order valence-corrected chi connectivity index (χ4v) is 2.84. The van der Waals surface area contributed by atoms with E-state index in [1.54, 1.807) is 12.1 Å². The Morgan fingerprint density at radius 2 is 2.30 bits per heavy atom. The molecule has 6 nitrogen and oxygen atoms in total. The number of aliphatic hydroxyl groups is 1. The van der Waals surface area contributed by atoms with Crippen LogP contribution in [0.1, 0.15) is 31.2 Å². The molecule has 110 valence electrons. The number of hydrogen-bond acceptors (Lipinski definition) is 5. The van der Waals surface area contributed by atoms with Crippen LogP contribution in [0.15, 0.2) is 18.2 Å². The van der Waals surface area contributed by atoms with Crippen molar-refractivity contribution in [3.8, 4) is 0 Å². The fourth-order valence-electron chi connectivity index (χ4n) is 2.84. The van der Waals surface area contributed by atoms with Crippen molar-refractivity contribution in [1.82, 2.24) is 4.90 Å². The minimum Gasteiger partial charge on any atom is -0.396 e. The van der Waals surface area contributed by atoms with Gasteiger partial charge in [-0.15, -0.1) is 0 Å². The standard InChI is InChI=1S/C14H21N3O3/c15-13-6-5-11(9-14(13)17(19)20)10-16-7-1-3-12(16)4-2-8-18/h5-6,9,12,18H,1-4,7-8,10,15H2. The molecule has 0 aliphatic carbocycles. The molecule has 0 amide bonds. The number of nitro benzene ring substituents is 1. The van der Waals surface area contributed by atoms with Crippen molar-refractivity contribution in [3.63, 3.8) is 0 Å². The molecule has 1 fully saturated rings. The van der Waals surface area contributed by atoms with Crippen LogP contribution in [-0.2, 0) is 6.54 Å². The molecule has 1 aliphatic heterocycles. The monoisotopic (exact) mass is 279 g/mol. The number of likely N-dealkylation sites (tertiary alicyclic amines) is 1. The van der Waals surface area contributed by atoms with E-state index >= 15 is 0 Å². The van der Waals surface area contributed by atoms with Gasteiger partial charge in [-0.1, -0.05) is 6.07 Å². The second-order valence-corrected chi connectivity index (χ2v) is 5.28. The van der Waals surface area contributed by atoms with Crippen LogP contribution in [0.4, 0.5) is 11.4 Å². The van der Waals surface area contributed by atoms with Gasteiger partial charge in [0.05, 0.1) is 4.92 Å². The third-order valence-corrected chi connectivity index (χ3v) is 3.87. The summed E-state index contributed by atoms with van der Waals surface area (Å²) in [6, 6.07) is 5.49. The summed E-state index contributed by atoms with van der Waals surface area (Å²) < 4.78 is 0. The molecule has 1 aromatic carbocycles. The summed E-state index contributed by atoms with van der Waals surface area (Å²) in [5, 5.41) is 19.8. The van der Waals surface area contributed by atoms with Crippen molar-refractivity contribution < 1.29 is 10.0 Å². The third kappa shape index (κ3) is 3.46. The first-order chi connectivity index (χ1) is 9.61. The van der Waals surface area contributed by atoms with Gasteiger partial charge in [0, 0.05) is 25.3 Å². The number of anilines is 1. The van der Waals surface area contributed by atoms with E-state index in [9.17, 15) is 10.1 Å². The quantitative estimate of drug-likeness (QED) is 0.471. The summed E-state index contributed by atoms with van der Waals surface area (Å²) in [6.45, 7) is 1.93. The normalized spacial score (nSPS) is 19.4. The summed E-state index contributed by atoms with van der Waals surface area (Å²) in [5.74, 6) is 0. The highest BCUT2D eigenvalue weighted by molar-refractivity contribution is 5.59. The number of nitro groups is 1. The minimum atomic E-state index is -0.438. The van der Waals surface area contributed by atoms with E-state index in [1.807, 2.05) is 6.07 Å². The highest BCUT2D eigenvalue weighted by atomic mass is 16.6. The van der Waals surface area contributed by atoms with Gasteiger partial charge in [-0.05, 0) is 43.9 Å². The molecule has 3 N–H and O–H groups in total. The zero-order valence-electron chi connectivity index (χ0n) is 11.5. The number of hydrogen-bond donors (Lipinski definition) is 2. The predicted molar refractivity (Wildman–Crippen MR) is 77.3 cm³/mol. The lowest BCUT2D eigenvalue weighted by atomic mass is 10.1. The van der Waals surface area contributed by atoms with Crippen molar-refractivity contribution in [2.75, 3.05) is 18.9 Å². The Balaban J connectivity index is 2.05. The van der Waals surface area contributed by atoms with Crippen LogP contribution in [0.25, 0.3) is 0 Å². The Hall–Kier alpha value is -1.66. The highest BCUT2D eigenvalue weighted by Gasteiger charge is 2.24. The Morgan fingerprint density at radius 3 is 3.00 bits per heavy atom. The van der Waals surface area contributed by atoms with Crippen LogP contribution in [0.2, 0.25) is 0 Å². The number of nitrogen functional groups attached to an aromatic ring is 1. The lowest BCUT2D eigenvalue weighted by Crippen LogP contribution is -2.29. The molecule has 1 aliphatic rings. The first-order valence-electron chi connectivity index (χ1n) is 6.99. The van der Waals surface area contributed by atoms with E-state index in [2.05, 4.69) is 4.90 Å². The van der Waals surface area contributed by atoms with Gasteiger partial charge in [-0.3, -0.25) is 15.0 Å². The van der Waals surface area contributed by atoms with Crippen molar-refractivity contribution in [2.45, 2.75) is 38.3 Å². The van der Waals surface area contributed by atoms with E-state index in [4.69, 9.17) is 10.8 Å². The van der Waals surface area contributed by atoms with Crippen LogP contribution in [-0.4, -0.2) is 34.1 Å². The summed E-state index contributed by atoms with van der Waals surface area (Å²) in [5.41, 5.74) is 6.71. The van der Waals surface area contributed by atoms with Crippen molar-refractivity contribution in [3.05, 3.63) is 33.9 Å². The first kappa shape index (κ1) is 14.7. The molecule has 6 heteroatoms. The van der Waals surface area contributed by atoms with E-state index in [-0.39, 0.29) is 18.0 Å². The molecule has 0 bridgehead atoms. The van der Waals surface area contributed by atoms with E-state index in [0.717, 1.165) is 37.8 Å². The summed E-state index contributed by atoms with van der Waals surface area (Å²) in [4.78, 5) is 12.8. The van der Waals surface area contributed by atoms with Gasteiger partial charge in [-0.2, -0.15) is 0 Å². The second kappa shape index (κ2) is 6.67. The van der Waals surface area contributed by atoms with Gasteiger partial charge >= 0.3 is 0 Å². The summed E-state index contributed by atoms with van der Waals surface area (Å²) in [7, 11) is 0. The second-order valence-electron chi connectivity index (χ2n) is 5.28. The van der Waals surface area contributed by atoms with E-state index in [0.29, 0.717) is 12.6 Å². The molecule has 1 heterocycles. The molecule has 1 aromatic rings. The maximum Gasteiger partial charge on any atom is 0.292 e. The van der Waals surface area contributed by atoms with Crippen LogP contribution >= 0.6 is 0 Å². The van der Waals surface area contributed by atoms with Gasteiger partial charge in [0.1, 0.15) is 5.69 Å². The molecule has 0 aromatic heterocycles. The highest BCUT2D eigenvalue weighted by Crippen LogP contribution is 2.27. The number of benzene rings is 1. The number of nitrogens with two attached hydrogens (primary N) is 1. The lowest BCUT2D eigenvalue weighted by molar-refractivity contribution is -0.384. The summed E-state index contributed by atoms with van der Waals surface area (Å²) >= 11 is 0. The first-order valence-corrected chi connectivity index (χ1v) is 6.99. The van der Waals surface area contributed by atoms with Crippen LogP contribution in [0, 0.1) is 10.1 Å². The third-order valence-electron chi connectivity index (χ3n) is 3.87. The van der Waals surface area contributed by atoms with Crippen LogP contribution in [0.5, 0.6) is 0 Å². The van der Waals surface area contributed by atoms with Gasteiger partial charge in [0.2, 0.25) is 0 Å². The lowest BCUT2D eigenvalue weighted by Gasteiger charge is -2.24. The topological polar surface area (TPSA) is 92.6 Å². The fraction of sp³-hybridized carbons (Fsp3) is 0.571. The molecule has 2 rings (SSSR count). The maximum atomic E-state index is 10.9. The molecule has 1 saturated heterocycles. The zero-order chi connectivity index (χ0) is 14.5. The molecule has 20 heavy (non-hydrogen) atoms. The zero-order valence-corrected chi connectivity index (χ0v) is 11.5. The Labute approximate surface area is 118 Å². The van der Waals surface area contributed by atoms with Gasteiger partial charge in [0.25, 0.3) is 5.69 Å². The number of nitrogens with zero attached hydrogens (tertiary/aromatic N) is 2. The van der Waals surface area contributed by atoms with Crippen molar-refractivity contribution in [1.29, 1.82) is 0 Å². The maximum absolute atomic E-state index is 10.9. The minimum absolute atomic E-state index is 0.0198. The largest absolute Gasteiger partial charge is 0.396 e. The Bertz CT molecular complexity index is 479. The van der Waals surface area contributed by atoms with Gasteiger partial charge in [0.15, 0.2) is 0 Å². The smallest absolute Gasteiger partial charge is 0.292 e. The molecular weight excluding hydrogens is 258 g/mol. The number of rotatable bonds is 6. The SMILES string of the molecule is Nc1ccc(CN2CCCC2CCCO)cc1[N+](=O)[O-]. The van der Waals surface area contributed by atoms with E-state index < -0.39 is 4.92 Å². The predicted octanol–water partition coefficient (Wildman–Crippen LogP) is 1.91. The number of aliphatic hydroxyl groups excluding tert-OH is 1. The van der Waals surface area contributed by atoms with Crippen molar-refractivity contribution in [2.24, 2.45) is 0 Å². The molecule has 0 radical (unpaired) electrons. The van der Waals surface area contributed by atoms with Crippen LogP contribution < -0.4 is 5.73 Å². The molecular formula is C14H21N3O3. The average molecular weight is 279 g/mol. The molecule has 0 spiro atoms. The van der Waals surface area contributed by atoms with Crippen molar-refractivity contribution >= 4 is 11.4 Å². The Morgan fingerprint density at radius 1 is 1.50 bits per heavy atom. The summed E-state index contributed by atoms with van der Waals surface area (Å²) in [6.07, 6.45) is 4.07. The molecule has 0 saturated carbocycles. The van der Waals surface area contributed by atoms with E-state index in [1.165, 1.54) is 0 Å². The molecule has 1 atom stereocenters. The van der Waals surface area contributed by atoms with Gasteiger partial charge < -0.3 is 10.8 Å².